The number of hydrogen-bond donors (Lipinski definition) is 3. The molecule has 0 radical (unpaired) electrons. The number of hydrogen-bond acceptors (Lipinski definition) is 6. The van der Waals surface area contributed by atoms with Gasteiger partial charge in [-0.25, -0.2) is 13.1 Å². The molecule has 0 aliphatic carbocycles. The molecule has 0 aliphatic rings. The van der Waals surface area contributed by atoms with Gasteiger partial charge < -0.3 is 5.43 Å². The molecule has 0 aliphatic heterocycles. The number of nitrogens with two attached hydrogens (primary N) is 1. The number of anilines is 1. The van der Waals surface area contributed by atoms with Crippen molar-refractivity contribution in [2.45, 2.75) is 25.2 Å². The lowest BCUT2D eigenvalue weighted by Crippen LogP contribution is -2.29. The maximum absolute atomic E-state index is 12.1. The number of benzene rings is 1. The molecule has 4 N–H and O–H groups in total. The lowest BCUT2D eigenvalue weighted by molar-refractivity contribution is -0.384. The normalized spacial score (nSPS) is 12.9. The largest absolute Gasteiger partial charge is 0.323 e. The van der Waals surface area contributed by atoms with Crippen LogP contribution in [0.3, 0.4) is 0 Å². The van der Waals surface area contributed by atoms with Gasteiger partial charge >= 0.3 is 0 Å². The Morgan fingerprint density at radius 1 is 1.45 bits per heavy atom. The fourth-order valence-corrected chi connectivity index (χ4v) is 2.77. The molecule has 1 atom stereocenters. The Morgan fingerprint density at radius 3 is 2.60 bits per heavy atom. The Hall–Kier alpha value is -1.71. The highest BCUT2D eigenvalue weighted by Gasteiger charge is 2.21. The van der Waals surface area contributed by atoms with Crippen molar-refractivity contribution >= 4 is 21.4 Å². The summed E-state index contributed by atoms with van der Waals surface area (Å²) in [5.41, 5.74) is 1.92. The van der Waals surface area contributed by atoms with Crippen LogP contribution in [0.1, 0.15) is 20.3 Å². The van der Waals surface area contributed by atoms with Gasteiger partial charge in [-0.15, -0.1) is 0 Å². The van der Waals surface area contributed by atoms with Crippen LogP contribution in [0.2, 0.25) is 0 Å². The summed E-state index contributed by atoms with van der Waals surface area (Å²) < 4.78 is 26.7. The molecule has 8 nitrogen and oxygen atoms in total. The Balaban J connectivity index is 3.08. The van der Waals surface area contributed by atoms with Crippen LogP contribution >= 0.6 is 0 Å². The van der Waals surface area contributed by atoms with Gasteiger partial charge in [0.05, 0.1) is 10.6 Å². The summed E-state index contributed by atoms with van der Waals surface area (Å²) >= 11 is 0. The van der Waals surface area contributed by atoms with Crippen molar-refractivity contribution in [2.24, 2.45) is 11.8 Å². The number of rotatable bonds is 7. The highest BCUT2D eigenvalue weighted by Crippen LogP contribution is 2.25. The number of nitro benzene ring substituents is 1. The average Bonchev–Trinajstić information content (AvgIpc) is 2.43. The Kier molecular flexibility index (Phi) is 5.43. The third-order valence-electron chi connectivity index (χ3n) is 2.94. The van der Waals surface area contributed by atoms with Gasteiger partial charge in [0, 0.05) is 18.7 Å². The van der Waals surface area contributed by atoms with Crippen molar-refractivity contribution in [1.29, 1.82) is 0 Å². The van der Waals surface area contributed by atoms with Crippen molar-refractivity contribution in [3.63, 3.8) is 0 Å². The first-order valence-corrected chi connectivity index (χ1v) is 7.54. The zero-order valence-electron chi connectivity index (χ0n) is 11.3. The van der Waals surface area contributed by atoms with Crippen LogP contribution in [-0.2, 0) is 10.0 Å². The monoisotopic (exact) mass is 302 g/mol. The molecular weight excluding hydrogens is 284 g/mol. The van der Waals surface area contributed by atoms with E-state index in [-0.39, 0.29) is 22.2 Å². The number of nitrogen functional groups attached to an aromatic ring is 1. The zero-order chi connectivity index (χ0) is 15.3. The number of hydrazine groups is 1. The fraction of sp³-hybridized carbons (Fsp3) is 0.455. The summed E-state index contributed by atoms with van der Waals surface area (Å²) in [6, 6.07) is 3.36. The highest BCUT2D eigenvalue weighted by molar-refractivity contribution is 7.89. The molecule has 0 fully saturated rings. The topological polar surface area (TPSA) is 127 Å². The lowest BCUT2D eigenvalue weighted by atomic mass is 10.1. The van der Waals surface area contributed by atoms with Gasteiger partial charge in [0.15, 0.2) is 0 Å². The van der Waals surface area contributed by atoms with Crippen molar-refractivity contribution < 1.29 is 13.3 Å². The molecule has 112 valence electrons. The Morgan fingerprint density at radius 2 is 2.10 bits per heavy atom. The number of nitro groups is 1. The third kappa shape index (κ3) is 3.89. The number of sulfonamides is 1. The predicted octanol–water partition coefficient (Wildman–Crippen LogP) is 1.20. The molecule has 0 aromatic heterocycles. The second-order valence-electron chi connectivity index (χ2n) is 4.45. The van der Waals surface area contributed by atoms with Crippen molar-refractivity contribution in [2.75, 3.05) is 12.0 Å². The number of nitrogens with one attached hydrogen (secondary N) is 2. The van der Waals surface area contributed by atoms with Crippen molar-refractivity contribution in [3.05, 3.63) is 28.3 Å². The van der Waals surface area contributed by atoms with E-state index in [0.29, 0.717) is 6.54 Å². The molecule has 0 amide bonds. The second kappa shape index (κ2) is 6.64. The summed E-state index contributed by atoms with van der Waals surface area (Å²) in [6.45, 7) is 4.16. The second-order valence-corrected chi connectivity index (χ2v) is 6.18. The van der Waals surface area contributed by atoms with Gasteiger partial charge in [-0.3, -0.25) is 16.0 Å². The number of nitrogens with zero attached hydrogens (tertiary/aromatic N) is 1. The summed E-state index contributed by atoms with van der Waals surface area (Å²) in [7, 11) is -3.77. The first kappa shape index (κ1) is 16.3. The van der Waals surface area contributed by atoms with Crippen LogP contribution in [0.25, 0.3) is 0 Å². The van der Waals surface area contributed by atoms with E-state index >= 15 is 0 Å². The van der Waals surface area contributed by atoms with Gasteiger partial charge in [0.25, 0.3) is 5.69 Å². The SMILES string of the molecule is CCC(C)CNS(=O)(=O)c1ccc([N+](=O)[O-])cc1NN. The number of non-ortho nitro benzene ring substituents is 1. The van der Waals surface area contributed by atoms with E-state index in [2.05, 4.69) is 10.1 Å². The van der Waals surface area contributed by atoms with E-state index in [1.54, 1.807) is 0 Å². The molecule has 0 heterocycles. The van der Waals surface area contributed by atoms with Crippen LogP contribution in [-0.4, -0.2) is 19.9 Å². The third-order valence-corrected chi connectivity index (χ3v) is 4.42. The molecule has 0 saturated carbocycles. The van der Waals surface area contributed by atoms with E-state index in [1.807, 2.05) is 13.8 Å². The van der Waals surface area contributed by atoms with Gasteiger partial charge in [0.2, 0.25) is 10.0 Å². The van der Waals surface area contributed by atoms with Gasteiger partial charge in [0.1, 0.15) is 4.90 Å². The van der Waals surface area contributed by atoms with Crippen molar-refractivity contribution in [1.82, 2.24) is 4.72 Å². The smallest absolute Gasteiger partial charge is 0.271 e. The van der Waals surface area contributed by atoms with Gasteiger partial charge in [-0.2, -0.15) is 0 Å². The van der Waals surface area contributed by atoms with Gasteiger partial charge in [-0.1, -0.05) is 20.3 Å². The van der Waals surface area contributed by atoms with E-state index in [4.69, 9.17) is 5.84 Å². The first-order valence-electron chi connectivity index (χ1n) is 6.06. The molecule has 1 aromatic rings. The average molecular weight is 302 g/mol. The van der Waals surface area contributed by atoms with Crippen LogP contribution in [0, 0.1) is 16.0 Å². The van der Waals surface area contributed by atoms with E-state index in [1.165, 1.54) is 0 Å². The maximum atomic E-state index is 12.1. The zero-order valence-corrected chi connectivity index (χ0v) is 12.1. The summed E-state index contributed by atoms with van der Waals surface area (Å²) in [5.74, 6) is 5.43. The lowest BCUT2D eigenvalue weighted by Gasteiger charge is -2.13. The van der Waals surface area contributed by atoms with E-state index in [9.17, 15) is 18.5 Å². The molecule has 9 heteroatoms. The standard InChI is InChI=1S/C11H18N4O4S/c1-3-8(2)7-13-20(18,19)11-5-4-9(15(16)17)6-10(11)14-12/h4-6,8,13-14H,3,7,12H2,1-2H3. The maximum Gasteiger partial charge on any atom is 0.271 e. The molecule has 20 heavy (non-hydrogen) atoms. The summed E-state index contributed by atoms with van der Waals surface area (Å²) in [4.78, 5) is 9.92. The minimum atomic E-state index is -3.77. The highest BCUT2D eigenvalue weighted by atomic mass is 32.2. The van der Waals surface area contributed by atoms with E-state index < -0.39 is 14.9 Å². The minimum absolute atomic E-state index is 0.0177. The molecule has 0 saturated heterocycles. The van der Waals surface area contributed by atoms with Crippen LogP contribution in [0.4, 0.5) is 11.4 Å². The fourth-order valence-electron chi connectivity index (χ4n) is 1.45. The summed E-state index contributed by atoms with van der Waals surface area (Å²) in [6.07, 6.45) is 0.838. The molecule has 1 rings (SSSR count). The molecular formula is C11H18N4O4S. The minimum Gasteiger partial charge on any atom is -0.323 e. The first-order chi connectivity index (χ1) is 9.31. The quantitative estimate of drug-likeness (QED) is 0.394. The summed E-state index contributed by atoms with van der Waals surface area (Å²) in [5, 5.41) is 10.7. The Bertz CT molecular complexity index is 588. The predicted molar refractivity (Wildman–Crippen MR) is 75.6 cm³/mol. The Labute approximate surface area is 117 Å². The van der Waals surface area contributed by atoms with Gasteiger partial charge in [-0.05, 0) is 12.0 Å². The van der Waals surface area contributed by atoms with Crippen LogP contribution in [0.15, 0.2) is 23.1 Å². The molecule has 0 spiro atoms. The molecule has 1 aromatic carbocycles. The van der Waals surface area contributed by atoms with E-state index in [0.717, 1.165) is 24.6 Å². The van der Waals surface area contributed by atoms with Crippen molar-refractivity contribution in [3.8, 4) is 0 Å². The molecule has 1 unspecified atom stereocenters. The van der Waals surface area contributed by atoms with Crippen LogP contribution < -0.4 is 16.0 Å². The van der Waals surface area contributed by atoms with Crippen LogP contribution in [0.5, 0.6) is 0 Å². The molecule has 0 bridgehead atoms.